The van der Waals surface area contributed by atoms with E-state index in [0.717, 1.165) is 30.6 Å². The zero-order valence-corrected chi connectivity index (χ0v) is 9.92. The maximum absolute atomic E-state index is 9.57. The van der Waals surface area contributed by atoms with E-state index < -0.39 is 6.10 Å². The van der Waals surface area contributed by atoms with Gasteiger partial charge in [0.05, 0.1) is 12.7 Å². The molecular formula is C13H20N2O2. The Bertz CT molecular complexity index is 370. The highest BCUT2D eigenvalue weighted by Crippen LogP contribution is 2.31. The Morgan fingerprint density at radius 3 is 2.94 bits per heavy atom. The number of aliphatic hydroxyl groups is 2. The van der Waals surface area contributed by atoms with E-state index in [9.17, 15) is 5.11 Å². The smallest absolute Gasteiger partial charge is 0.0945 e. The van der Waals surface area contributed by atoms with Crippen LogP contribution in [0, 0.1) is 0 Å². The largest absolute Gasteiger partial charge is 0.394 e. The summed E-state index contributed by atoms with van der Waals surface area (Å²) in [5.41, 5.74) is 8.36. The zero-order chi connectivity index (χ0) is 12.3. The van der Waals surface area contributed by atoms with Gasteiger partial charge in [0.1, 0.15) is 0 Å². The number of rotatable bonds is 3. The van der Waals surface area contributed by atoms with Crippen LogP contribution in [0.2, 0.25) is 0 Å². The van der Waals surface area contributed by atoms with Gasteiger partial charge in [-0.1, -0.05) is 18.2 Å². The van der Waals surface area contributed by atoms with Crippen molar-refractivity contribution in [1.29, 1.82) is 0 Å². The van der Waals surface area contributed by atoms with E-state index in [-0.39, 0.29) is 12.6 Å². The first-order chi connectivity index (χ1) is 8.22. The number of nitrogens with two attached hydrogens (primary N) is 1. The fraction of sp³-hybridized carbons (Fsp3) is 0.538. The lowest BCUT2D eigenvalue weighted by molar-refractivity contribution is 0.0999. The summed E-state index contributed by atoms with van der Waals surface area (Å²) in [5, 5.41) is 18.5. The molecule has 94 valence electrons. The molecule has 1 aliphatic heterocycles. The SMILES string of the molecule is NC1CCCN(CC(O)CO)c2ccccc21. The van der Waals surface area contributed by atoms with Gasteiger partial charge in [0.25, 0.3) is 0 Å². The van der Waals surface area contributed by atoms with Crippen LogP contribution in [0.5, 0.6) is 0 Å². The van der Waals surface area contributed by atoms with Gasteiger partial charge >= 0.3 is 0 Å². The predicted molar refractivity (Wildman–Crippen MR) is 67.9 cm³/mol. The molecule has 17 heavy (non-hydrogen) atoms. The molecule has 2 atom stereocenters. The Labute approximate surface area is 102 Å². The molecule has 1 aromatic carbocycles. The first-order valence-electron chi connectivity index (χ1n) is 6.10. The average molecular weight is 236 g/mol. The van der Waals surface area contributed by atoms with Crippen LogP contribution in [-0.4, -0.2) is 36.0 Å². The summed E-state index contributed by atoms with van der Waals surface area (Å²) in [4.78, 5) is 2.11. The molecule has 2 unspecified atom stereocenters. The molecule has 0 amide bonds. The Morgan fingerprint density at radius 2 is 2.18 bits per heavy atom. The van der Waals surface area contributed by atoms with E-state index in [1.165, 1.54) is 0 Å². The van der Waals surface area contributed by atoms with Crippen molar-refractivity contribution in [2.24, 2.45) is 5.73 Å². The van der Waals surface area contributed by atoms with Crippen molar-refractivity contribution in [3.8, 4) is 0 Å². The summed E-state index contributed by atoms with van der Waals surface area (Å²) in [6, 6.07) is 8.12. The lowest BCUT2D eigenvalue weighted by atomic mass is 10.0. The molecule has 0 spiro atoms. The maximum Gasteiger partial charge on any atom is 0.0945 e. The second-order valence-corrected chi connectivity index (χ2v) is 4.59. The van der Waals surface area contributed by atoms with Crippen LogP contribution in [0.1, 0.15) is 24.4 Å². The number of hydrogen-bond donors (Lipinski definition) is 3. The Balaban J connectivity index is 2.25. The van der Waals surface area contributed by atoms with Crippen LogP contribution in [0.25, 0.3) is 0 Å². The average Bonchev–Trinajstić information content (AvgIpc) is 2.51. The van der Waals surface area contributed by atoms with E-state index in [2.05, 4.69) is 4.90 Å². The van der Waals surface area contributed by atoms with E-state index in [0.29, 0.717) is 6.54 Å². The van der Waals surface area contributed by atoms with Crippen molar-refractivity contribution in [2.45, 2.75) is 25.0 Å². The Hall–Kier alpha value is -1.10. The highest BCUT2D eigenvalue weighted by Gasteiger charge is 2.21. The first kappa shape index (κ1) is 12.4. The Kier molecular flexibility index (Phi) is 3.99. The standard InChI is InChI=1S/C13H20N2O2/c14-12-5-3-7-15(8-10(17)9-16)13-6-2-1-4-11(12)13/h1-2,4,6,10,12,16-17H,3,5,7-9,14H2. The minimum atomic E-state index is -0.697. The van der Waals surface area contributed by atoms with Gasteiger partial charge in [-0.15, -0.1) is 0 Å². The van der Waals surface area contributed by atoms with E-state index in [1.54, 1.807) is 0 Å². The van der Waals surface area contributed by atoms with Crippen LogP contribution >= 0.6 is 0 Å². The number of anilines is 1. The number of hydrogen-bond acceptors (Lipinski definition) is 4. The third-order valence-electron chi connectivity index (χ3n) is 3.26. The van der Waals surface area contributed by atoms with Crippen LogP contribution in [0.3, 0.4) is 0 Å². The summed E-state index contributed by atoms with van der Waals surface area (Å²) in [6.45, 7) is 1.13. The molecule has 0 aromatic heterocycles. The van der Waals surface area contributed by atoms with Gasteiger partial charge in [-0.2, -0.15) is 0 Å². The fourth-order valence-electron chi connectivity index (χ4n) is 2.37. The van der Waals surface area contributed by atoms with Crippen molar-refractivity contribution in [3.63, 3.8) is 0 Å². The highest BCUT2D eigenvalue weighted by atomic mass is 16.3. The molecule has 1 aromatic rings. The van der Waals surface area contributed by atoms with E-state index in [4.69, 9.17) is 10.8 Å². The molecule has 4 heteroatoms. The summed E-state index contributed by atoms with van der Waals surface area (Å²) in [7, 11) is 0. The molecule has 4 nitrogen and oxygen atoms in total. The number of fused-ring (bicyclic) bond motifs is 1. The van der Waals surface area contributed by atoms with Gasteiger partial charge in [0.15, 0.2) is 0 Å². The van der Waals surface area contributed by atoms with Gasteiger partial charge in [-0.25, -0.2) is 0 Å². The molecule has 2 rings (SSSR count). The summed E-state index contributed by atoms with van der Waals surface area (Å²) >= 11 is 0. The van der Waals surface area contributed by atoms with Gasteiger partial charge < -0.3 is 20.8 Å². The maximum atomic E-state index is 9.57. The first-order valence-corrected chi connectivity index (χ1v) is 6.10. The van der Waals surface area contributed by atoms with Crippen molar-refractivity contribution in [2.75, 3.05) is 24.6 Å². The van der Waals surface area contributed by atoms with Crippen LogP contribution in [0.4, 0.5) is 5.69 Å². The van der Waals surface area contributed by atoms with E-state index in [1.807, 2.05) is 24.3 Å². The number of para-hydroxylation sites is 1. The summed E-state index contributed by atoms with van der Waals surface area (Å²) in [5.74, 6) is 0. The topological polar surface area (TPSA) is 69.7 Å². The van der Waals surface area contributed by atoms with E-state index >= 15 is 0 Å². The van der Waals surface area contributed by atoms with Crippen LogP contribution in [0.15, 0.2) is 24.3 Å². The van der Waals surface area contributed by atoms with Crippen LogP contribution < -0.4 is 10.6 Å². The molecule has 0 fully saturated rings. The predicted octanol–water partition coefficient (Wildman–Crippen LogP) is 0.640. The number of β-amino-alcohol motifs (C(OH)–C–C–N with tert-alkyl or cyclic N) is 1. The molecule has 0 radical (unpaired) electrons. The number of nitrogens with zero attached hydrogens (tertiary/aromatic N) is 1. The van der Waals surface area contributed by atoms with Crippen molar-refractivity contribution < 1.29 is 10.2 Å². The van der Waals surface area contributed by atoms with Crippen LogP contribution in [-0.2, 0) is 0 Å². The molecule has 0 saturated carbocycles. The molecule has 0 aliphatic carbocycles. The Morgan fingerprint density at radius 1 is 1.41 bits per heavy atom. The number of benzene rings is 1. The normalized spacial score (nSPS) is 21.8. The van der Waals surface area contributed by atoms with Gasteiger partial charge in [-0.05, 0) is 24.5 Å². The monoisotopic (exact) mass is 236 g/mol. The van der Waals surface area contributed by atoms with Gasteiger partial charge in [0.2, 0.25) is 0 Å². The second-order valence-electron chi connectivity index (χ2n) is 4.59. The van der Waals surface area contributed by atoms with Gasteiger partial charge in [0, 0.05) is 24.8 Å². The molecule has 1 aliphatic rings. The number of aliphatic hydroxyl groups excluding tert-OH is 2. The molecule has 4 N–H and O–H groups in total. The fourth-order valence-corrected chi connectivity index (χ4v) is 2.37. The third-order valence-corrected chi connectivity index (χ3v) is 3.26. The molecular weight excluding hydrogens is 216 g/mol. The van der Waals surface area contributed by atoms with Crippen molar-refractivity contribution in [1.82, 2.24) is 0 Å². The third kappa shape index (κ3) is 2.77. The molecule has 0 bridgehead atoms. The quantitative estimate of drug-likeness (QED) is 0.720. The van der Waals surface area contributed by atoms with Crippen molar-refractivity contribution >= 4 is 5.69 Å². The highest BCUT2D eigenvalue weighted by molar-refractivity contribution is 5.55. The summed E-state index contributed by atoms with van der Waals surface area (Å²) in [6.07, 6.45) is 1.27. The minimum Gasteiger partial charge on any atom is -0.394 e. The minimum absolute atomic E-state index is 0.0717. The lowest BCUT2D eigenvalue weighted by Crippen LogP contribution is -2.35. The lowest BCUT2D eigenvalue weighted by Gasteiger charge is -2.27. The zero-order valence-electron chi connectivity index (χ0n) is 9.92. The molecule has 1 heterocycles. The van der Waals surface area contributed by atoms with Gasteiger partial charge in [-0.3, -0.25) is 0 Å². The van der Waals surface area contributed by atoms with Crippen molar-refractivity contribution in [3.05, 3.63) is 29.8 Å². The summed E-state index contributed by atoms with van der Waals surface area (Å²) < 4.78 is 0. The molecule has 0 saturated heterocycles. The second kappa shape index (κ2) is 5.49.